The summed E-state index contributed by atoms with van der Waals surface area (Å²) in [7, 11) is 0. The molecule has 3 N–H and O–H groups in total. The smallest absolute Gasteiger partial charge is 0.243 e. The molecule has 3 aromatic rings. The normalized spacial score (nSPS) is 20.8. The monoisotopic (exact) mass is 634 g/mol. The molecule has 0 spiro atoms. The number of imidazole rings is 1. The number of amides is 1. The second-order valence-electron chi connectivity index (χ2n) is 12.8. The lowest BCUT2D eigenvalue weighted by atomic mass is 9.95. The second-order valence-corrected chi connectivity index (χ2v) is 12.8. The highest BCUT2D eigenvalue weighted by Gasteiger charge is 2.22. The molecule has 6 rings (SSSR count). The van der Waals surface area contributed by atoms with Gasteiger partial charge in [-0.1, -0.05) is 32.1 Å². The summed E-state index contributed by atoms with van der Waals surface area (Å²) in [4.78, 5) is 27.1. The summed E-state index contributed by atoms with van der Waals surface area (Å²) in [5, 5.41) is 7.30. The fourth-order valence-electron chi connectivity index (χ4n) is 6.50. The quantitative estimate of drug-likeness (QED) is 0.115. The van der Waals surface area contributed by atoms with E-state index in [4.69, 9.17) is 29.0 Å². The van der Waals surface area contributed by atoms with Crippen molar-refractivity contribution in [1.29, 1.82) is 0 Å². The lowest BCUT2D eigenvalue weighted by molar-refractivity contribution is -0.200. The maximum absolute atomic E-state index is 12.0. The van der Waals surface area contributed by atoms with Gasteiger partial charge in [-0.3, -0.25) is 9.36 Å². The number of fused-ring (bicyclic) bond motifs is 1. The molecule has 1 amide bonds. The fraction of sp³-hybridized carbons (Fsp3) is 0.629. The first-order chi connectivity index (χ1) is 22.7. The van der Waals surface area contributed by atoms with Gasteiger partial charge in [0.05, 0.1) is 18.6 Å². The number of nitrogens with zero attached hydrogens (tertiary/aromatic N) is 3. The van der Waals surface area contributed by atoms with Gasteiger partial charge < -0.3 is 24.8 Å². The number of unbranched alkanes of at least 4 members (excludes halogenated alkanes) is 3. The number of aromatic nitrogens is 3. The maximum atomic E-state index is 12.0. The molecule has 11 heteroatoms. The highest BCUT2D eigenvalue weighted by molar-refractivity contribution is 5.88. The van der Waals surface area contributed by atoms with E-state index < -0.39 is 0 Å². The molecule has 4 heterocycles. The van der Waals surface area contributed by atoms with E-state index in [1.807, 2.05) is 30.6 Å². The minimum Gasteiger partial charge on any atom is -0.494 e. The van der Waals surface area contributed by atoms with Crippen molar-refractivity contribution in [1.82, 2.24) is 20.0 Å². The Morgan fingerprint density at radius 2 is 1.67 bits per heavy atom. The van der Waals surface area contributed by atoms with E-state index in [0.29, 0.717) is 25.7 Å². The van der Waals surface area contributed by atoms with Gasteiger partial charge in [0.15, 0.2) is 11.9 Å². The average Bonchev–Trinajstić information content (AvgIpc) is 3.53. The molecule has 1 aliphatic carbocycles. The third kappa shape index (κ3) is 9.33. The molecule has 0 bridgehead atoms. The van der Waals surface area contributed by atoms with Gasteiger partial charge in [0.1, 0.15) is 23.3 Å². The summed E-state index contributed by atoms with van der Waals surface area (Å²) in [6.07, 6.45) is 18.1. The van der Waals surface area contributed by atoms with Crippen molar-refractivity contribution in [3.63, 3.8) is 0 Å². The first kappa shape index (κ1) is 32.5. The van der Waals surface area contributed by atoms with Gasteiger partial charge in [-0.25, -0.2) is 20.3 Å². The molecule has 3 aliphatic rings. The second kappa shape index (κ2) is 16.9. The number of carbonyl (C=O) groups is 1. The predicted molar refractivity (Wildman–Crippen MR) is 178 cm³/mol. The van der Waals surface area contributed by atoms with E-state index in [1.54, 1.807) is 0 Å². The largest absolute Gasteiger partial charge is 0.494 e. The van der Waals surface area contributed by atoms with Crippen LogP contribution in [0.25, 0.3) is 11.2 Å². The van der Waals surface area contributed by atoms with E-state index in [1.165, 1.54) is 32.1 Å². The molecule has 1 saturated carbocycles. The Bertz CT molecular complexity index is 1360. The number of hydrogen-bond donors (Lipinski definition) is 3. The number of carbonyl (C=O) groups excluding carboxylic acids is 1. The van der Waals surface area contributed by atoms with Crippen LogP contribution in [0.1, 0.15) is 109 Å². The van der Waals surface area contributed by atoms with E-state index >= 15 is 0 Å². The molecule has 2 aliphatic heterocycles. The van der Waals surface area contributed by atoms with Crippen molar-refractivity contribution >= 4 is 34.3 Å². The van der Waals surface area contributed by atoms with Crippen molar-refractivity contribution in [3.8, 4) is 5.75 Å². The van der Waals surface area contributed by atoms with E-state index in [9.17, 15) is 4.79 Å². The van der Waals surface area contributed by atoms with Gasteiger partial charge >= 0.3 is 0 Å². The molecule has 2 atom stereocenters. The number of hydroxylamine groups is 1. The number of benzene rings is 1. The molecule has 46 heavy (non-hydrogen) atoms. The van der Waals surface area contributed by atoms with Crippen molar-refractivity contribution in [2.75, 3.05) is 30.5 Å². The van der Waals surface area contributed by atoms with Crippen LogP contribution in [0.4, 0.5) is 17.2 Å². The van der Waals surface area contributed by atoms with Crippen LogP contribution >= 0.6 is 0 Å². The zero-order valence-corrected chi connectivity index (χ0v) is 27.0. The van der Waals surface area contributed by atoms with Crippen LogP contribution in [0.5, 0.6) is 5.75 Å². The average molecular weight is 635 g/mol. The van der Waals surface area contributed by atoms with Crippen molar-refractivity contribution in [2.24, 2.45) is 0 Å². The topological polar surface area (TPSA) is 121 Å². The lowest BCUT2D eigenvalue weighted by Crippen LogP contribution is -2.32. The number of nitrogens with one attached hydrogen (secondary N) is 3. The number of rotatable bonds is 15. The molecule has 1 aromatic carbocycles. The van der Waals surface area contributed by atoms with E-state index in [-0.39, 0.29) is 18.4 Å². The third-order valence-corrected chi connectivity index (χ3v) is 9.10. The van der Waals surface area contributed by atoms with Crippen molar-refractivity contribution < 1.29 is 23.8 Å². The Morgan fingerprint density at radius 1 is 0.891 bits per heavy atom. The Hall–Kier alpha value is -3.41. The molecule has 2 unspecified atom stereocenters. The Morgan fingerprint density at radius 3 is 2.46 bits per heavy atom. The molecular weight excluding hydrogens is 584 g/mol. The maximum Gasteiger partial charge on any atom is 0.243 e. The zero-order chi connectivity index (χ0) is 31.4. The van der Waals surface area contributed by atoms with Crippen LogP contribution in [0, 0.1) is 0 Å². The summed E-state index contributed by atoms with van der Waals surface area (Å²) >= 11 is 0. The standard InChI is InChI=1S/C35H50N6O5/c42-31(40-46-33-16-8-11-23-45-33)14-6-1-2-9-21-43-28-19-17-27(18-20-28)38-30-24-29(37-26-12-4-3-5-13-26)34-35(39-30)41(25-36-34)32-15-7-10-22-44-32/h17-20,24-26,32-33H,1-16,21-23H2,(H,40,42)(H2,37,38,39). The van der Waals surface area contributed by atoms with Gasteiger partial charge in [-0.2, -0.15) is 0 Å². The number of anilines is 3. The van der Waals surface area contributed by atoms with Crippen LogP contribution in [0.3, 0.4) is 0 Å². The van der Waals surface area contributed by atoms with E-state index in [2.05, 4.69) is 26.7 Å². The van der Waals surface area contributed by atoms with Crippen molar-refractivity contribution in [3.05, 3.63) is 36.7 Å². The summed E-state index contributed by atoms with van der Waals surface area (Å²) < 4.78 is 19.6. The highest BCUT2D eigenvalue weighted by atomic mass is 16.8. The molecular formula is C35H50N6O5. The molecule has 2 saturated heterocycles. The number of ether oxygens (including phenoxy) is 3. The lowest BCUT2D eigenvalue weighted by Gasteiger charge is -2.25. The van der Waals surface area contributed by atoms with Gasteiger partial charge in [0.25, 0.3) is 0 Å². The fourth-order valence-corrected chi connectivity index (χ4v) is 6.50. The van der Waals surface area contributed by atoms with Crippen LogP contribution in [0.15, 0.2) is 36.7 Å². The Labute approximate surface area is 272 Å². The van der Waals surface area contributed by atoms with E-state index in [0.717, 1.165) is 105 Å². The summed E-state index contributed by atoms with van der Waals surface area (Å²) in [6, 6.07) is 10.6. The van der Waals surface area contributed by atoms with Gasteiger partial charge in [-0.15, -0.1) is 0 Å². The summed E-state index contributed by atoms with van der Waals surface area (Å²) in [5.41, 5.74) is 6.24. The van der Waals surface area contributed by atoms with Gasteiger partial charge in [0.2, 0.25) is 5.91 Å². The van der Waals surface area contributed by atoms with Crippen LogP contribution in [0.2, 0.25) is 0 Å². The number of pyridine rings is 1. The van der Waals surface area contributed by atoms with Crippen LogP contribution < -0.4 is 20.9 Å². The minimum atomic E-state index is -0.306. The van der Waals surface area contributed by atoms with Crippen molar-refractivity contribution in [2.45, 2.75) is 121 Å². The van der Waals surface area contributed by atoms with Crippen LogP contribution in [-0.4, -0.2) is 52.6 Å². The first-order valence-electron chi connectivity index (χ1n) is 17.5. The Kier molecular flexibility index (Phi) is 12.0. The molecule has 11 nitrogen and oxygen atoms in total. The molecule has 0 radical (unpaired) electrons. The number of hydrogen-bond acceptors (Lipinski definition) is 9. The predicted octanol–water partition coefficient (Wildman–Crippen LogP) is 7.52. The molecule has 3 fully saturated rings. The van der Waals surface area contributed by atoms with Gasteiger partial charge in [0, 0.05) is 43.9 Å². The Balaban J connectivity index is 0.971. The SMILES string of the molecule is O=C(CCCCCCOc1ccc(Nc2cc(NC3CCCCC3)c3ncn(C4CCCCO4)c3n2)cc1)NOC1CCCCO1. The first-order valence-corrected chi connectivity index (χ1v) is 17.5. The van der Waals surface area contributed by atoms with Crippen LogP contribution in [-0.2, 0) is 19.1 Å². The van der Waals surface area contributed by atoms with Gasteiger partial charge in [-0.05, 0) is 82.1 Å². The summed E-state index contributed by atoms with van der Waals surface area (Å²) in [5.74, 6) is 1.53. The molecule has 250 valence electrons. The summed E-state index contributed by atoms with van der Waals surface area (Å²) in [6.45, 7) is 2.11. The molecule has 2 aromatic heterocycles. The minimum absolute atomic E-state index is 0.0268. The third-order valence-electron chi connectivity index (χ3n) is 9.10. The zero-order valence-electron chi connectivity index (χ0n) is 27.0. The highest BCUT2D eigenvalue weighted by Crippen LogP contribution is 2.33.